The second-order valence-electron chi connectivity index (χ2n) is 4.13. The van der Waals surface area contributed by atoms with Crippen LogP contribution in [0, 0.1) is 0 Å². The molecule has 1 aliphatic rings. The molecule has 1 rings (SSSR count). The van der Waals surface area contributed by atoms with Crippen molar-refractivity contribution >= 4 is 17.7 Å². The summed E-state index contributed by atoms with van der Waals surface area (Å²) in [6.07, 6.45) is 5.56. The number of carbonyl (C=O) groups is 1. The molecule has 0 aromatic rings. The standard InChI is InChI=1S/C12H21NO2S/c1-3-16-11-6-4-5-10(11)13-8-7-9(2)12(14)15/h7,10-11,13H,3-6,8H2,1-2H3,(H,14,15)/b9-7-. The van der Waals surface area contributed by atoms with E-state index in [4.69, 9.17) is 5.11 Å². The van der Waals surface area contributed by atoms with Gasteiger partial charge in [0.1, 0.15) is 0 Å². The Morgan fingerprint density at radius 1 is 1.56 bits per heavy atom. The predicted octanol–water partition coefficient (Wildman–Crippen LogP) is 2.28. The zero-order valence-electron chi connectivity index (χ0n) is 10.0. The summed E-state index contributed by atoms with van der Waals surface area (Å²) in [6, 6.07) is 0.558. The van der Waals surface area contributed by atoms with Crippen molar-refractivity contribution in [1.82, 2.24) is 5.32 Å². The molecular formula is C12H21NO2S. The Morgan fingerprint density at radius 2 is 2.31 bits per heavy atom. The van der Waals surface area contributed by atoms with Gasteiger partial charge in [-0.1, -0.05) is 19.4 Å². The minimum atomic E-state index is -0.826. The van der Waals surface area contributed by atoms with Crippen molar-refractivity contribution in [3.8, 4) is 0 Å². The van der Waals surface area contributed by atoms with Crippen LogP contribution in [0.15, 0.2) is 11.6 Å². The van der Waals surface area contributed by atoms with Crippen LogP contribution >= 0.6 is 11.8 Å². The van der Waals surface area contributed by atoms with Gasteiger partial charge in [0.15, 0.2) is 0 Å². The number of hydrogen-bond donors (Lipinski definition) is 2. The summed E-state index contributed by atoms with van der Waals surface area (Å²) in [6.45, 7) is 4.50. The summed E-state index contributed by atoms with van der Waals surface area (Å²) in [7, 11) is 0. The third-order valence-corrected chi connectivity index (χ3v) is 4.28. The monoisotopic (exact) mass is 243 g/mol. The van der Waals surface area contributed by atoms with Gasteiger partial charge in [0.2, 0.25) is 0 Å². The third-order valence-electron chi connectivity index (χ3n) is 2.96. The van der Waals surface area contributed by atoms with Crippen molar-refractivity contribution in [3.63, 3.8) is 0 Å². The molecule has 92 valence electrons. The van der Waals surface area contributed by atoms with Crippen LogP contribution in [0.2, 0.25) is 0 Å². The maximum absolute atomic E-state index is 10.6. The lowest BCUT2D eigenvalue weighted by molar-refractivity contribution is -0.132. The highest BCUT2D eigenvalue weighted by atomic mass is 32.2. The molecule has 16 heavy (non-hydrogen) atoms. The SMILES string of the molecule is CCSC1CCCC1NC/C=C(/C)C(=O)O. The number of carboxylic acids is 1. The molecular weight excluding hydrogens is 222 g/mol. The van der Waals surface area contributed by atoms with E-state index in [2.05, 4.69) is 12.2 Å². The maximum Gasteiger partial charge on any atom is 0.330 e. The average molecular weight is 243 g/mol. The van der Waals surface area contributed by atoms with Crippen molar-refractivity contribution in [1.29, 1.82) is 0 Å². The van der Waals surface area contributed by atoms with E-state index in [1.165, 1.54) is 19.3 Å². The highest BCUT2D eigenvalue weighted by molar-refractivity contribution is 7.99. The number of aliphatic carboxylic acids is 1. The molecule has 2 atom stereocenters. The molecule has 2 N–H and O–H groups in total. The van der Waals surface area contributed by atoms with Gasteiger partial charge < -0.3 is 10.4 Å². The minimum absolute atomic E-state index is 0.421. The van der Waals surface area contributed by atoms with Crippen molar-refractivity contribution in [3.05, 3.63) is 11.6 Å². The van der Waals surface area contributed by atoms with E-state index in [9.17, 15) is 4.79 Å². The van der Waals surface area contributed by atoms with E-state index in [1.54, 1.807) is 13.0 Å². The number of nitrogens with one attached hydrogen (secondary N) is 1. The molecule has 0 aromatic heterocycles. The Balaban J connectivity index is 2.31. The first-order valence-corrected chi connectivity index (χ1v) is 6.95. The Morgan fingerprint density at radius 3 is 2.94 bits per heavy atom. The molecule has 0 aliphatic heterocycles. The number of rotatable bonds is 6. The Labute approximate surface area is 102 Å². The predicted molar refractivity (Wildman–Crippen MR) is 69.0 cm³/mol. The van der Waals surface area contributed by atoms with Crippen LogP contribution in [0.1, 0.15) is 33.1 Å². The van der Waals surface area contributed by atoms with Crippen LogP contribution < -0.4 is 5.32 Å². The van der Waals surface area contributed by atoms with Gasteiger partial charge in [0.25, 0.3) is 0 Å². The van der Waals surface area contributed by atoms with Gasteiger partial charge in [-0.3, -0.25) is 0 Å². The molecule has 1 saturated carbocycles. The fourth-order valence-corrected chi connectivity index (χ4v) is 3.25. The minimum Gasteiger partial charge on any atom is -0.478 e. The van der Waals surface area contributed by atoms with Gasteiger partial charge in [0.05, 0.1) is 0 Å². The Hall–Kier alpha value is -0.480. The molecule has 0 radical (unpaired) electrons. The van der Waals surface area contributed by atoms with Gasteiger partial charge in [0, 0.05) is 23.4 Å². The Bertz CT molecular complexity index is 266. The van der Waals surface area contributed by atoms with Crippen molar-refractivity contribution in [2.75, 3.05) is 12.3 Å². The molecule has 0 saturated heterocycles. The number of hydrogen-bond acceptors (Lipinski definition) is 3. The van der Waals surface area contributed by atoms with Crippen LogP contribution in [0.25, 0.3) is 0 Å². The molecule has 4 heteroatoms. The van der Waals surface area contributed by atoms with Crippen LogP contribution in [0.3, 0.4) is 0 Å². The van der Waals surface area contributed by atoms with E-state index in [-0.39, 0.29) is 0 Å². The maximum atomic E-state index is 10.6. The van der Waals surface area contributed by atoms with E-state index in [0.717, 1.165) is 5.75 Å². The van der Waals surface area contributed by atoms with Gasteiger partial charge in [-0.05, 0) is 25.5 Å². The second kappa shape index (κ2) is 6.97. The van der Waals surface area contributed by atoms with E-state index in [1.807, 2.05) is 11.8 Å². The lowest BCUT2D eigenvalue weighted by Crippen LogP contribution is -2.34. The number of carboxylic acid groups (broad SMARTS) is 1. The topological polar surface area (TPSA) is 49.3 Å². The summed E-state index contributed by atoms with van der Waals surface area (Å²) in [5.74, 6) is 0.333. The molecule has 1 aliphatic carbocycles. The summed E-state index contributed by atoms with van der Waals surface area (Å²) in [4.78, 5) is 10.6. The lowest BCUT2D eigenvalue weighted by Gasteiger charge is -2.19. The second-order valence-corrected chi connectivity index (χ2v) is 5.65. The first kappa shape index (κ1) is 13.6. The first-order valence-electron chi connectivity index (χ1n) is 5.90. The molecule has 1 fully saturated rings. The highest BCUT2D eigenvalue weighted by Crippen LogP contribution is 2.29. The van der Waals surface area contributed by atoms with E-state index in [0.29, 0.717) is 23.4 Å². The molecule has 0 bridgehead atoms. The van der Waals surface area contributed by atoms with Crippen LogP contribution in [0.4, 0.5) is 0 Å². The molecule has 3 nitrogen and oxygen atoms in total. The fourth-order valence-electron chi connectivity index (χ4n) is 2.02. The van der Waals surface area contributed by atoms with E-state index >= 15 is 0 Å². The molecule has 0 amide bonds. The summed E-state index contributed by atoms with van der Waals surface area (Å²) in [5, 5.41) is 12.9. The van der Waals surface area contributed by atoms with Gasteiger partial charge >= 0.3 is 5.97 Å². The molecule has 0 heterocycles. The van der Waals surface area contributed by atoms with Crippen molar-refractivity contribution in [2.24, 2.45) is 0 Å². The summed E-state index contributed by atoms with van der Waals surface area (Å²) in [5.41, 5.74) is 0.421. The van der Waals surface area contributed by atoms with Gasteiger partial charge in [-0.2, -0.15) is 11.8 Å². The quantitative estimate of drug-likeness (QED) is 0.703. The van der Waals surface area contributed by atoms with E-state index < -0.39 is 5.97 Å². The van der Waals surface area contributed by atoms with Gasteiger partial charge in [-0.25, -0.2) is 4.79 Å². The lowest BCUT2D eigenvalue weighted by atomic mass is 10.2. The first-order chi connectivity index (χ1) is 7.65. The van der Waals surface area contributed by atoms with Crippen molar-refractivity contribution < 1.29 is 9.90 Å². The molecule has 2 unspecified atom stereocenters. The van der Waals surface area contributed by atoms with Crippen LogP contribution in [-0.2, 0) is 4.79 Å². The average Bonchev–Trinajstić information content (AvgIpc) is 2.66. The molecule has 0 aromatic carbocycles. The fraction of sp³-hybridized carbons (Fsp3) is 0.750. The van der Waals surface area contributed by atoms with Crippen LogP contribution in [-0.4, -0.2) is 34.7 Å². The zero-order chi connectivity index (χ0) is 12.0. The third kappa shape index (κ3) is 4.18. The Kier molecular flexibility index (Phi) is 5.91. The molecule has 0 spiro atoms. The summed E-state index contributed by atoms with van der Waals surface area (Å²) >= 11 is 2.01. The highest BCUT2D eigenvalue weighted by Gasteiger charge is 2.26. The van der Waals surface area contributed by atoms with Crippen LogP contribution in [0.5, 0.6) is 0 Å². The largest absolute Gasteiger partial charge is 0.478 e. The number of thioether (sulfide) groups is 1. The normalized spacial score (nSPS) is 26.0. The zero-order valence-corrected chi connectivity index (χ0v) is 10.8. The van der Waals surface area contributed by atoms with Gasteiger partial charge in [-0.15, -0.1) is 0 Å². The van der Waals surface area contributed by atoms with Crippen molar-refractivity contribution in [2.45, 2.75) is 44.4 Å². The summed E-state index contributed by atoms with van der Waals surface area (Å²) < 4.78 is 0. The smallest absolute Gasteiger partial charge is 0.330 e.